The van der Waals surface area contributed by atoms with E-state index in [9.17, 15) is 18.0 Å². The molecule has 0 aliphatic rings. The maximum Gasteiger partial charge on any atom is 0.252 e. The molecule has 0 fully saturated rings. The van der Waals surface area contributed by atoms with Crippen LogP contribution in [0.25, 0.3) is 11.1 Å². The summed E-state index contributed by atoms with van der Waals surface area (Å²) in [6.45, 7) is 1.86. The molecule has 4 aromatic rings. The lowest BCUT2D eigenvalue weighted by atomic mass is 9.94. The van der Waals surface area contributed by atoms with E-state index in [1.54, 1.807) is 42.5 Å². The Balaban J connectivity index is 1.59. The Morgan fingerprint density at radius 1 is 0.816 bits per heavy atom. The number of nitrogens with one attached hydrogen (secondary N) is 2. The van der Waals surface area contributed by atoms with Crippen LogP contribution in [0.3, 0.4) is 0 Å². The van der Waals surface area contributed by atoms with E-state index in [1.807, 2.05) is 67.6 Å². The molecule has 0 radical (unpaired) electrons. The predicted octanol–water partition coefficient (Wildman–Crippen LogP) is 3.97. The van der Waals surface area contributed by atoms with Gasteiger partial charge in [-0.2, -0.15) is 0 Å². The molecule has 0 aromatic heterocycles. The third-order valence-corrected chi connectivity index (χ3v) is 7.56. The molecule has 0 saturated carbocycles. The van der Waals surface area contributed by atoms with Gasteiger partial charge in [0.15, 0.2) is 0 Å². The first-order valence-corrected chi connectivity index (χ1v) is 13.6. The number of aryl methyl sites for hydroxylation is 1. The van der Waals surface area contributed by atoms with Gasteiger partial charge in [0, 0.05) is 18.5 Å². The molecule has 194 valence electrons. The van der Waals surface area contributed by atoms with Gasteiger partial charge in [0.1, 0.15) is 6.04 Å². The van der Waals surface area contributed by atoms with Gasteiger partial charge in [-0.3, -0.25) is 9.59 Å². The van der Waals surface area contributed by atoms with Crippen molar-refractivity contribution in [3.8, 4) is 11.1 Å². The second-order valence-corrected chi connectivity index (χ2v) is 10.7. The molecule has 4 aromatic carbocycles. The molecular formula is C30H29N3O4S. The van der Waals surface area contributed by atoms with E-state index in [4.69, 9.17) is 5.73 Å². The molecule has 0 aliphatic heterocycles. The summed E-state index contributed by atoms with van der Waals surface area (Å²) in [5.41, 5.74) is 9.67. The van der Waals surface area contributed by atoms with Crippen LogP contribution in [0.2, 0.25) is 0 Å². The van der Waals surface area contributed by atoms with Gasteiger partial charge in [0.05, 0.1) is 4.90 Å². The van der Waals surface area contributed by atoms with E-state index in [1.165, 1.54) is 0 Å². The van der Waals surface area contributed by atoms with Crippen LogP contribution in [0.4, 0.5) is 0 Å². The zero-order valence-corrected chi connectivity index (χ0v) is 21.7. The summed E-state index contributed by atoms with van der Waals surface area (Å²) >= 11 is 0. The summed E-state index contributed by atoms with van der Waals surface area (Å²) in [4.78, 5) is 25.7. The summed E-state index contributed by atoms with van der Waals surface area (Å²) in [6, 6.07) is 29.4. The third-order valence-electron chi connectivity index (χ3n) is 6.16. The van der Waals surface area contributed by atoms with Gasteiger partial charge in [0.25, 0.3) is 5.91 Å². The molecule has 38 heavy (non-hydrogen) atoms. The predicted molar refractivity (Wildman–Crippen MR) is 148 cm³/mol. The van der Waals surface area contributed by atoms with Crippen LogP contribution in [0.5, 0.6) is 0 Å². The van der Waals surface area contributed by atoms with Crippen LogP contribution in [0.1, 0.15) is 27.0 Å². The minimum Gasteiger partial charge on any atom is -0.368 e. The van der Waals surface area contributed by atoms with Crippen molar-refractivity contribution in [1.82, 2.24) is 10.0 Å². The van der Waals surface area contributed by atoms with E-state index in [0.29, 0.717) is 22.3 Å². The number of carbonyl (C=O) groups is 2. The van der Waals surface area contributed by atoms with Crippen molar-refractivity contribution >= 4 is 21.8 Å². The molecule has 4 N–H and O–H groups in total. The van der Waals surface area contributed by atoms with E-state index < -0.39 is 27.9 Å². The van der Waals surface area contributed by atoms with Crippen LogP contribution < -0.4 is 15.8 Å². The monoisotopic (exact) mass is 527 g/mol. The number of hydrogen-bond acceptors (Lipinski definition) is 4. The highest BCUT2D eigenvalue weighted by Gasteiger charge is 2.22. The van der Waals surface area contributed by atoms with E-state index in [0.717, 1.165) is 11.1 Å². The van der Waals surface area contributed by atoms with Gasteiger partial charge in [-0.25, -0.2) is 13.1 Å². The summed E-state index contributed by atoms with van der Waals surface area (Å²) in [5.74, 6) is -1.08. The number of hydrogen-bond donors (Lipinski definition) is 3. The molecule has 0 heterocycles. The first-order chi connectivity index (χ1) is 18.2. The van der Waals surface area contributed by atoms with E-state index in [2.05, 4.69) is 10.0 Å². The number of primary amides is 1. The van der Waals surface area contributed by atoms with Gasteiger partial charge >= 0.3 is 0 Å². The molecule has 4 rings (SSSR count). The molecule has 8 heteroatoms. The Kier molecular flexibility index (Phi) is 8.35. The highest BCUT2D eigenvalue weighted by molar-refractivity contribution is 7.89. The zero-order chi connectivity index (χ0) is 27.1. The van der Waals surface area contributed by atoms with Crippen molar-refractivity contribution in [1.29, 1.82) is 0 Å². The van der Waals surface area contributed by atoms with Crippen molar-refractivity contribution in [2.75, 3.05) is 0 Å². The lowest BCUT2D eigenvalue weighted by Crippen LogP contribution is -2.46. The van der Waals surface area contributed by atoms with Crippen LogP contribution in [-0.2, 0) is 27.8 Å². The number of benzene rings is 4. The normalized spacial score (nSPS) is 12.0. The van der Waals surface area contributed by atoms with Gasteiger partial charge < -0.3 is 11.1 Å². The van der Waals surface area contributed by atoms with Gasteiger partial charge in [-0.1, -0.05) is 84.9 Å². The SMILES string of the molecule is Cc1cccc(S(=O)(=O)NCc2ccccc2-c2ccccc2C(=O)N[C@@H](Cc2ccccc2)C(N)=O)c1. The van der Waals surface area contributed by atoms with Gasteiger partial charge in [0.2, 0.25) is 15.9 Å². The molecule has 1 atom stereocenters. The fourth-order valence-corrected chi connectivity index (χ4v) is 5.31. The molecule has 0 unspecified atom stereocenters. The second kappa shape index (κ2) is 11.9. The third kappa shape index (κ3) is 6.53. The number of amides is 2. The Morgan fingerprint density at radius 2 is 1.47 bits per heavy atom. The largest absolute Gasteiger partial charge is 0.368 e. The fraction of sp³-hybridized carbons (Fsp3) is 0.133. The van der Waals surface area contributed by atoms with Crippen molar-refractivity contribution in [2.45, 2.75) is 30.8 Å². The van der Waals surface area contributed by atoms with E-state index in [-0.39, 0.29) is 17.9 Å². The highest BCUT2D eigenvalue weighted by atomic mass is 32.2. The maximum absolute atomic E-state index is 13.4. The standard InChI is InChI=1S/C30H29N3O4S/c1-21-10-9-14-24(18-21)38(36,37)32-20-23-13-5-6-15-25(23)26-16-7-8-17-27(26)30(35)33-28(29(31)34)19-22-11-3-2-4-12-22/h2-18,28,32H,19-20H2,1H3,(H2,31,34)(H,33,35)/t28-/m0/s1. The molecule has 0 saturated heterocycles. The number of sulfonamides is 1. The van der Waals surface area contributed by atoms with Crippen LogP contribution in [-0.4, -0.2) is 26.3 Å². The quantitative estimate of drug-likeness (QED) is 0.289. The van der Waals surface area contributed by atoms with E-state index >= 15 is 0 Å². The van der Waals surface area contributed by atoms with Crippen LogP contribution in [0.15, 0.2) is 108 Å². The summed E-state index contributed by atoms with van der Waals surface area (Å²) in [5, 5.41) is 2.77. The number of rotatable bonds is 10. The van der Waals surface area contributed by atoms with Crippen molar-refractivity contribution in [2.24, 2.45) is 5.73 Å². The molecular weight excluding hydrogens is 498 g/mol. The van der Waals surface area contributed by atoms with Crippen molar-refractivity contribution in [3.05, 3.63) is 125 Å². The second-order valence-electron chi connectivity index (χ2n) is 8.96. The lowest BCUT2D eigenvalue weighted by Gasteiger charge is -2.18. The van der Waals surface area contributed by atoms with Gasteiger partial charge in [-0.05, 0) is 52.9 Å². The Hall–Kier alpha value is -4.27. The topological polar surface area (TPSA) is 118 Å². The molecule has 0 aliphatic carbocycles. The molecule has 0 spiro atoms. The summed E-state index contributed by atoms with van der Waals surface area (Å²) < 4.78 is 28.5. The molecule has 0 bridgehead atoms. The minimum atomic E-state index is -3.74. The van der Waals surface area contributed by atoms with Crippen molar-refractivity contribution < 1.29 is 18.0 Å². The molecule has 2 amide bonds. The van der Waals surface area contributed by atoms with Gasteiger partial charge in [-0.15, -0.1) is 0 Å². The lowest BCUT2D eigenvalue weighted by molar-refractivity contribution is -0.119. The first kappa shape index (κ1) is 26.8. The average molecular weight is 528 g/mol. The Bertz CT molecular complexity index is 1550. The molecule has 7 nitrogen and oxygen atoms in total. The van der Waals surface area contributed by atoms with Crippen LogP contribution >= 0.6 is 0 Å². The Morgan fingerprint density at radius 3 is 2.18 bits per heavy atom. The van der Waals surface area contributed by atoms with Crippen LogP contribution in [0, 0.1) is 6.92 Å². The number of carbonyl (C=O) groups excluding carboxylic acids is 2. The minimum absolute atomic E-state index is 0.0281. The summed E-state index contributed by atoms with van der Waals surface area (Å²) in [6.07, 6.45) is 0.265. The fourth-order valence-electron chi connectivity index (χ4n) is 4.20. The highest BCUT2D eigenvalue weighted by Crippen LogP contribution is 2.28. The zero-order valence-electron chi connectivity index (χ0n) is 20.9. The summed E-state index contributed by atoms with van der Waals surface area (Å²) in [7, 11) is -3.74. The Labute approximate surface area is 222 Å². The maximum atomic E-state index is 13.4. The average Bonchev–Trinajstić information content (AvgIpc) is 2.92. The number of nitrogens with two attached hydrogens (primary N) is 1. The van der Waals surface area contributed by atoms with Crippen molar-refractivity contribution in [3.63, 3.8) is 0 Å². The first-order valence-electron chi connectivity index (χ1n) is 12.1. The smallest absolute Gasteiger partial charge is 0.252 e.